The number of amides is 2. The summed E-state index contributed by atoms with van der Waals surface area (Å²) >= 11 is 0. The molecule has 0 radical (unpaired) electrons. The van der Waals surface area contributed by atoms with Gasteiger partial charge in [0.2, 0.25) is 0 Å². The van der Waals surface area contributed by atoms with Crippen LogP contribution < -0.4 is 5.32 Å². The molecular weight excluding hydrogens is 310 g/mol. The van der Waals surface area contributed by atoms with Gasteiger partial charge in [0.15, 0.2) is 0 Å². The second-order valence-corrected chi connectivity index (χ2v) is 7.82. The average Bonchev–Trinajstić information content (AvgIpc) is 2.99. The molecule has 0 spiro atoms. The van der Waals surface area contributed by atoms with E-state index in [1.165, 1.54) is 12.0 Å². The highest BCUT2D eigenvalue weighted by molar-refractivity contribution is 5.91. The van der Waals surface area contributed by atoms with Crippen LogP contribution in [0.1, 0.15) is 43.7 Å². The Kier molecular flexibility index (Phi) is 5.48. The predicted molar refractivity (Wildman–Crippen MR) is 104 cm³/mol. The molecule has 2 aliphatic heterocycles. The van der Waals surface area contributed by atoms with E-state index >= 15 is 0 Å². The summed E-state index contributed by atoms with van der Waals surface area (Å²) in [6, 6.07) is 6.69. The molecule has 0 bridgehead atoms. The molecule has 2 aliphatic rings. The van der Waals surface area contributed by atoms with Gasteiger partial charge in [0, 0.05) is 24.8 Å². The number of nitrogens with one attached hydrogen (secondary N) is 1. The number of hydrogen-bond donors (Lipinski definition) is 1. The molecule has 0 aliphatic carbocycles. The summed E-state index contributed by atoms with van der Waals surface area (Å²) in [7, 11) is 2.15. The zero-order valence-electron chi connectivity index (χ0n) is 15.8. The predicted octanol–water partition coefficient (Wildman–Crippen LogP) is 4.10. The molecule has 136 valence electrons. The summed E-state index contributed by atoms with van der Waals surface area (Å²) in [6.45, 7) is 11.2. The van der Waals surface area contributed by atoms with Gasteiger partial charge in [-0.25, -0.2) is 4.79 Å². The van der Waals surface area contributed by atoms with Crippen molar-refractivity contribution in [1.29, 1.82) is 0 Å². The van der Waals surface area contributed by atoms with Gasteiger partial charge in [-0.1, -0.05) is 38.1 Å². The van der Waals surface area contributed by atoms with E-state index in [-0.39, 0.29) is 6.03 Å². The summed E-state index contributed by atoms with van der Waals surface area (Å²) in [5.41, 5.74) is 3.32. The van der Waals surface area contributed by atoms with E-state index < -0.39 is 0 Å². The topological polar surface area (TPSA) is 35.6 Å². The van der Waals surface area contributed by atoms with Crippen molar-refractivity contribution >= 4 is 11.7 Å². The standard InChI is InChI=1S/C21H31N3O/c1-5-7-17-8-6-9-18(15(2)3)20(17)22-21(25)24-13-11-16-10-12-23(4)14-19(16)24/h5-6,8-9,15-16,19H,1,7,10-14H2,2-4H3,(H,22,25)/t16-,19+/m1/s1. The van der Waals surface area contributed by atoms with Gasteiger partial charge in [0.1, 0.15) is 0 Å². The van der Waals surface area contributed by atoms with Gasteiger partial charge in [-0.15, -0.1) is 6.58 Å². The number of allylic oxidation sites excluding steroid dienone is 1. The first-order valence-corrected chi connectivity index (χ1v) is 9.50. The molecule has 0 saturated carbocycles. The van der Waals surface area contributed by atoms with Crippen LogP contribution in [0.25, 0.3) is 0 Å². The zero-order chi connectivity index (χ0) is 18.0. The number of anilines is 1. The van der Waals surface area contributed by atoms with E-state index in [4.69, 9.17) is 0 Å². The Morgan fingerprint density at radius 2 is 2.12 bits per heavy atom. The van der Waals surface area contributed by atoms with Gasteiger partial charge >= 0.3 is 6.03 Å². The third-order valence-corrected chi connectivity index (χ3v) is 5.73. The quantitative estimate of drug-likeness (QED) is 0.837. The fourth-order valence-electron chi connectivity index (χ4n) is 4.31. The Labute approximate surface area is 151 Å². The summed E-state index contributed by atoms with van der Waals surface area (Å²) < 4.78 is 0. The van der Waals surface area contributed by atoms with Crippen LogP contribution in [-0.4, -0.2) is 48.6 Å². The third-order valence-electron chi connectivity index (χ3n) is 5.73. The number of carbonyl (C=O) groups is 1. The van der Waals surface area contributed by atoms with Crippen molar-refractivity contribution in [3.63, 3.8) is 0 Å². The number of hydrogen-bond acceptors (Lipinski definition) is 2. The SMILES string of the molecule is C=CCc1cccc(C(C)C)c1NC(=O)N1CC[C@H]2CCN(C)C[C@@H]21. The molecule has 4 nitrogen and oxygen atoms in total. The highest BCUT2D eigenvalue weighted by Crippen LogP contribution is 2.33. The zero-order valence-corrected chi connectivity index (χ0v) is 15.8. The largest absolute Gasteiger partial charge is 0.322 e. The van der Waals surface area contributed by atoms with Crippen LogP contribution in [0.2, 0.25) is 0 Å². The van der Waals surface area contributed by atoms with Gasteiger partial charge in [-0.3, -0.25) is 0 Å². The number of nitrogens with zero attached hydrogens (tertiary/aromatic N) is 2. The fourth-order valence-corrected chi connectivity index (χ4v) is 4.31. The Morgan fingerprint density at radius 1 is 1.36 bits per heavy atom. The summed E-state index contributed by atoms with van der Waals surface area (Å²) in [5.74, 6) is 1.03. The summed E-state index contributed by atoms with van der Waals surface area (Å²) in [5, 5.41) is 3.26. The highest BCUT2D eigenvalue weighted by atomic mass is 16.2. The number of urea groups is 1. The van der Waals surface area contributed by atoms with E-state index in [1.54, 1.807) is 0 Å². The maximum Gasteiger partial charge on any atom is 0.322 e. The summed E-state index contributed by atoms with van der Waals surface area (Å²) in [4.78, 5) is 17.5. The molecule has 2 saturated heterocycles. The lowest BCUT2D eigenvalue weighted by atomic mass is 9.92. The van der Waals surface area contributed by atoms with Crippen LogP contribution in [0.15, 0.2) is 30.9 Å². The van der Waals surface area contributed by atoms with Crippen LogP contribution in [0, 0.1) is 5.92 Å². The minimum absolute atomic E-state index is 0.0567. The Morgan fingerprint density at radius 3 is 2.84 bits per heavy atom. The molecule has 2 heterocycles. The van der Waals surface area contributed by atoms with E-state index in [0.717, 1.165) is 43.7 Å². The van der Waals surface area contributed by atoms with E-state index in [9.17, 15) is 4.79 Å². The first-order chi connectivity index (χ1) is 12.0. The normalized spacial score (nSPS) is 23.6. The monoisotopic (exact) mass is 341 g/mol. The van der Waals surface area contributed by atoms with Gasteiger partial charge in [0.05, 0.1) is 0 Å². The number of para-hydroxylation sites is 1. The van der Waals surface area contributed by atoms with Crippen molar-refractivity contribution in [2.45, 2.75) is 45.1 Å². The summed E-state index contributed by atoms with van der Waals surface area (Å²) in [6.07, 6.45) is 5.01. The lowest BCUT2D eigenvalue weighted by Gasteiger charge is -2.36. The molecule has 3 rings (SSSR count). The van der Waals surface area contributed by atoms with Gasteiger partial charge in [-0.2, -0.15) is 0 Å². The Bertz CT molecular complexity index is 640. The number of rotatable bonds is 4. The number of likely N-dealkylation sites (N-methyl/N-ethyl adjacent to an activating group) is 1. The van der Waals surface area contributed by atoms with Crippen LogP contribution >= 0.6 is 0 Å². The number of carbonyl (C=O) groups excluding carboxylic acids is 1. The highest BCUT2D eigenvalue weighted by Gasteiger charge is 2.40. The van der Waals surface area contributed by atoms with Crippen LogP contribution in [-0.2, 0) is 6.42 Å². The fraction of sp³-hybridized carbons (Fsp3) is 0.571. The number of piperidine rings is 1. The molecule has 2 atom stereocenters. The van der Waals surface area contributed by atoms with Gasteiger partial charge in [0.25, 0.3) is 0 Å². The Hall–Kier alpha value is -1.81. The van der Waals surface area contributed by atoms with Crippen molar-refractivity contribution in [1.82, 2.24) is 9.80 Å². The van der Waals surface area contributed by atoms with Crippen molar-refractivity contribution in [3.8, 4) is 0 Å². The molecule has 0 aromatic heterocycles. The molecular formula is C21H31N3O. The second-order valence-electron chi connectivity index (χ2n) is 7.82. The maximum atomic E-state index is 13.1. The van der Waals surface area contributed by atoms with Gasteiger partial charge in [-0.05, 0) is 55.8 Å². The molecule has 1 aromatic rings. The van der Waals surface area contributed by atoms with Crippen LogP contribution in [0.4, 0.5) is 10.5 Å². The minimum atomic E-state index is 0.0567. The lowest BCUT2D eigenvalue weighted by molar-refractivity contribution is 0.137. The number of fused-ring (bicyclic) bond motifs is 1. The molecule has 2 amide bonds. The van der Waals surface area contributed by atoms with E-state index in [0.29, 0.717) is 17.9 Å². The second kappa shape index (κ2) is 7.61. The maximum absolute atomic E-state index is 13.1. The van der Waals surface area contributed by atoms with Crippen molar-refractivity contribution in [3.05, 3.63) is 42.0 Å². The lowest BCUT2D eigenvalue weighted by Crippen LogP contribution is -2.49. The van der Waals surface area contributed by atoms with Crippen LogP contribution in [0.3, 0.4) is 0 Å². The molecule has 2 fully saturated rings. The first-order valence-electron chi connectivity index (χ1n) is 9.50. The molecule has 1 N–H and O–H groups in total. The smallest absolute Gasteiger partial charge is 0.320 e. The Balaban J connectivity index is 1.82. The first kappa shape index (κ1) is 18.0. The molecule has 1 aromatic carbocycles. The molecule has 0 unspecified atom stereocenters. The van der Waals surface area contributed by atoms with E-state index in [1.807, 2.05) is 6.08 Å². The minimum Gasteiger partial charge on any atom is -0.320 e. The van der Waals surface area contributed by atoms with Crippen molar-refractivity contribution in [2.24, 2.45) is 5.92 Å². The third kappa shape index (κ3) is 3.74. The number of benzene rings is 1. The van der Waals surface area contributed by atoms with Crippen molar-refractivity contribution in [2.75, 3.05) is 32.0 Å². The number of likely N-dealkylation sites (tertiary alicyclic amines) is 2. The van der Waals surface area contributed by atoms with Crippen molar-refractivity contribution < 1.29 is 4.79 Å². The van der Waals surface area contributed by atoms with Gasteiger partial charge < -0.3 is 15.1 Å². The van der Waals surface area contributed by atoms with Crippen LogP contribution in [0.5, 0.6) is 0 Å². The van der Waals surface area contributed by atoms with E-state index in [2.05, 4.69) is 60.8 Å². The molecule has 25 heavy (non-hydrogen) atoms. The molecule has 4 heteroatoms. The average molecular weight is 341 g/mol.